The second kappa shape index (κ2) is 10.4. The zero-order valence-electron chi connectivity index (χ0n) is 17.7. The molecule has 12 heteroatoms. The van der Waals surface area contributed by atoms with E-state index in [9.17, 15) is 22.8 Å². The van der Waals surface area contributed by atoms with Crippen molar-refractivity contribution in [1.82, 2.24) is 5.32 Å². The minimum Gasteiger partial charge on any atom is -0.455 e. The Morgan fingerprint density at radius 1 is 1.17 bits per heavy atom. The van der Waals surface area contributed by atoms with Crippen LogP contribution in [0.3, 0.4) is 0 Å². The van der Waals surface area contributed by atoms with Crippen LogP contribution in [0.25, 0.3) is 11.3 Å². The number of furan rings is 1. The summed E-state index contributed by atoms with van der Waals surface area (Å²) in [7, 11) is 0. The summed E-state index contributed by atoms with van der Waals surface area (Å²) in [6, 6.07) is 14.4. The standard InChI is InChI=1S/C23H16ClF3N4O3S/c24-15-4-6-16(7-5-15)29-20(32)11-19-21(33)30-22(35-19)31-28-12-17-8-9-18(34-17)13-2-1-3-14(10-13)23(25,26)27/h1-10,12,19H,11H2,(H,29,32)(H,30,31,33)/b28-12+. The van der Waals surface area contributed by atoms with Gasteiger partial charge in [0.1, 0.15) is 16.8 Å². The van der Waals surface area contributed by atoms with Crippen LogP contribution in [0.5, 0.6) is 0 Å². The molecule has 2 amide bonds. The first-order chi connectivity index (χ1) is 16.7. The summed E-state index contributed by atoms with van der Waals surface area (Å²) in [6.07, 6.45) is -3.27. The first-order valence-corrected chi connectivity index (χ1v) is 11.3. The van der Waals surface area contributed by atoms with E-state index in [1.807, 2.05) is 0 Å². The molecular formula is C23H16ClF3N4O3S. The Bertz CT molecular complexity index is 1310. The molecular weight excluding hydrogens is 505 g/mol. The molecule has 1 unspecified atom stereocenters. The number of carbonyl (C=O) groups is 2. The van der Waals surface area contributed by atoms with Crippen molar-refractivity contribution >= 4 is 52.2 Å². The highest BCUT2D eigenvalue weighted by molar-refractivity contribution is 8.15. The van der Waals surface area contributed by atoms with E-state index < -0.39 is 17.0 Å². The molecule has 1 aromatic heterocycles. The molecule has 0 spiro atoms. The molecule has 180 valence electrons. The van der Waals surface area contributed by atoms with Crippen molar-refractivity contribution in [2.45, 2.75) is 17.8 Å². The van der Waals surface area contributed by atoms with E-state index in [1.54, 1.807) is 24.3 Å². The predicted molar refractivity (Wildman–Crippen MR) is 128 cm³/mol. The van der Waals surface area contributed by atoms with Gasteiger partial charge in [0, 0.05) is 22.7 Å². The van der Waals surface area contributed by atoms with Gasteiger partial charge in [-0.3, -0.25) is 9.59 Å². The molecule has 3 aromatic rings. The number of nitrogens with zero attached hydrogens (tertiary/aromatic N) is 2. The molecule has 4 rings (SSSR count). The molecule has 1 atom stereocenters. The minimum atomic E-state index is -4.46. The Labute approximate surface area is 206 Å². The third-order valence-electron chi connectivity index (χ3n) is 4.71. The van der Waals surface area contributed by atoms with E-state index in [-0.39, 0.29) is 40.5 Å². The highest BCUT2D eigenvalue weighted by Crippen LogP contribution is 2.32. The van der Waals surface area contributed by atoms with Gasteiger partial charge in [-0.2, -0.15) is 18.3 Å². The molecule has 1 aliphatic rings. The molecule has 0 bridgehead atoms. The summed E-state index contributed by atoms with van der Waals surface area (Å²) in [6.45, 7) is 0. The number of halogens is 4. The van der Waals surface area contributed by atoms with Crippen LogP contribution < -0.4 is 10.6 Å². The van der Waals surface area contributed by atoms with Crippen molar-refractivity contribution < 1.29 is 27.2 Å². The van der Waals surface area contributed by atoms with Crippen LogP contribution in [0.1, 0.15) is 17.7 Å². The van der Waals surface area contributed by atoms with Gasteiger partial charge in [-0.05, 0) is 48.5 Å². The number of amides is 2. The Hall–Kier alpha value is -3.57. The maximum Gasteiger partial charge on any atom is 0.416 e. The van der Waals surface area contributed by atoms with Crippen molar-refractivity contribution in [3.63, 3.8) is 0 Å². The topological polar surface area (TPSA) is 96.1 Å². The van der Waals surface area contributed by atoms with Gasteiger partial charge in [-0.15, -0.1) is 5.10 Å². The second-order valence-electron chi connectivity index (χ2n) is 7.29. The molecule has 1 fully saturated rings. The van der Waals surface area contributed by atoms with Gasteiger partial charge >= 0.3 is 6.18 Å². The number of nitrogens with one attached hydrogen (secondary N) is 2. The lowest BCUT2D eigenvalue weighted by Crippen LogP contribution is -2.28. The fourth-order valence-corrected chi connectivity index (χ4v) is 4.11. The van der Waals surface area contributed by atoms with Gasteiger partial charge in [0.05, 0.1) is 11.8 Å². The Morgan fingerprint density at radius 2 is 1.94 bits per heavy atom. The third kappa shape index (κ3) is 6.52. The van der Waals surface area contributed by atoms with Crippen LogP contribution in [0.2, 0.25) is 5.02 Å². The van der Waals surface area contributed by atoms with E-state index in [0.717, 1.165) is 23.9 Å². The molecule has 1 aliphatic heterocycles. The number of amidine groups is 1. The van der Waals surface area contributed by atoms with Gasteiger partial charge < -0.3 is 15.1 Å². The summed E-state index contributed by atoms with van der Waals surface area (Å²) in [5.41, 5.74) is 0.0479. The van der Waals surface area contributed by atoms with Crippen molar-refractivity contribution in [2.24, 2.45) is 10.2 Å². The summed E-state index contributed by atoms with van der Waals surface area (Å²) in [5.74, 6) is -0.224. The third-order valence-corrected chi connectivity index (χ3v) is 6.03. The molecule has 0 aliphatic carbocycles. The summed E-state index contributed by atoms with van der Waals surface area (Å²) in [5, 5.41) is 13.1. The van der Waals surface area contributed by atoms with E-state index in [1.165, 1.54) is 30.5 Å². The quantitative estimate of drug-likeness (QED) is 0.328. The minimum absolute atomic E-state index is 0.0691. The molecule has 0 saturated carbocycles. The lowest BCUT2D eigenvalue weighted by atomic mass is 10.1. The number of hydrogen-bond acceptors (Lipinski definition) is 6. The van der Waals surface area contributed by atoms with Crippen molar-refractivity contribution in [1.29, 1.82) is 0 Å². The maximum atomic E-state index is 12.9. The lowest BCUT2D eigenvalue weighted by Gasteiger charge is -2.07. The Morgan fingerprint density at radius 3 is 2.69 bits per heavy atom. The summed E-state index contributed by atoms with van der Waals surface area (Å²) in [4.78, 5) is 24.4. The molecule has 2 heterocycles. The van der Waals surface area contributed by atoms with E-state index in [0.29, 0.717) is 10.7 Å². The van der Waals surface area contributed by atoms with Crippen LogP contribution in [-0.4, -0.2) is 28.4 Å². The summed E-state index contributed by atoms with van der Waals surface area (Å²) < 4.78 is 44.3. The van der Waals surface area contributed by atoms with Gasteiger partial charge in [0.2, 0.25) is 11.8 Å². The van der Waals surface area contributed by atoms with Crippen LogP contribution in [-0.2, 0) is 15.8 Å². The smallest absolute Gasteiger partial charge is 0.416 e. The van der Waals surface area contributed by atoms with Gasteiger partial charge in [-0.25, -0.2) is 0 Å². The number of anilines is 1. The van der Waals surface area contributed by atoms with E-state index in [2.05, 4.69) is 20.8 Å². The fourth-order valence-electron chi connectivity index (χ4n) is 3.06. The number of hydrogen-bond donors (Lipinski definition) is 2. The monoisotopic (exact) mass is 520 g/mol. The molecule has 0 radical (unpaired) electrons. The van der Waals surface area contributed by atoms with Crippen LogP contribution in [0.15, 0.2) is 75.3 Å². The number of alkyl halides is 3. The highest BCUT2D eigenvalue weighted by Gasteiger charge is 2.32. The number of rotatable bonds is 6. The first kappa shape index (κ1) is 24.6. The summed E-state index contributed by atoms with van der Waals surface area (Å²) >= 11 is 6.87. The fraction of sp³-hybridized carbons (Fsp3) is 0.130. The lowest BCUT2D eigenvalue weighted by molar-refractivity contribution is -0.137. The SMILES string of the molecule is O=C(CC1S/C(=N\N=C\c2ccc(-c3cccc(C(F)(F)F)c3)o2)NC1=O)Nc1ccc(Cl)cc1. The number of thioether (sulfide) groups is 1. The van der Waals surface area contributed by atoms with Gasteiger partial charge in [0.25, 0.3) is 0 Å². The number of carbonyl (C=O) groups excluding carboxylic acids is 2. The molecule has 2 N–H and O–H groups in total. The molecule has 2 aromatic carbocycles. The van der Waals surface area contributed by atoms with Crippen LogP contribution >= 0.6 is 23.4 Å². The Balaban J connectivity index is 1.34. The largest absolute Gasteiger partial charge is 0.455 e. The molecule has 1 saturated heterocycles. The van der Waals surface area contributed by atoms with Crippen LogP contribution in [0, 0.1) is 0 Å². The predicted octanol–water partition coefficient (Wildman–Crippen LogP) is 5.57. The zero-order chi connectivity index (χ0) is 25.0. The average Bonchev–Trinajstić information content (AvgIpc) is 3.42. The molecule has 35 heavy (non-hydrogen) atoms. The number of benzene rings is 2. The van der Waals surface area contributed by atoms with Gasteiger partial charge in [0.15, 0.2) is 5.17 Å². The van der Waals surface area contributed by atoms with Gasteiger partial charge in [-0.1, -0.05) is 35.5 Å². The highest BCUT2D eigenvalue weighted by atomic mass is 35.5. The van der Waals surface area contributed by atoms with Crippen molar-refractivity contribution in [2.75, 3.05) is 5.32 Å². The Kier molecular flexibility index (Phi) is 7.27. The van der Waals surface area contributed by atoms with E-state index in [4.69, 9.17) is 16.0 Å². The average molecular weight is 521 g/mol. The zero-order valence-corrected chi connectivity index (χ0v) is 19.2. The molecule has 7 nitrogen and oxygen atoms in total. The van der Waals surface area contributed by atoms with Crippen molar-refractivity contribution in [3.8, 4) is 11.3 Å². The van der Waals surface area contributed by atoms with Crippen molar-refractivity contribution in [3.05, 3.63) is 77.0 Å². The van der Waals surface area contributed by atoms with Crippen LogP contribution in [0.4, 0.5) is 18.9 Å². The maximum absolute atomic E-state index is 12.9. The second-order valence-corrected chi connectivity index (χ2v) is 8.91. The van der Waals surface area contributed by atoms with E-state index >= 15 is 0 Å². The normalized spacial score (nSPS) is 17.2. The first-order valence-electron chi connectivity index (χ1n) is 10.1.